The second-order valence-electron chi connectivity index (χ2n) is 3.98. The first kappa shape index (κ1) is 11.9. The van der Waals surface area contributed by atoms with Crippen molar-refractivity contribution in [3.63, 3.8) is 0 Å². The summed E-state index contributed by atoms with van der Waals surface area (Å²) in [7, 11) is 0. The first-order valence-electron chi connectivity index (χ1n) is 5.22. The van der Waals surface area contributed by atoms with Crippen LogP contribution in [0.4, 0.5) is 13.2 Å². The Morgan fingerprint density at radius 1 is 1.24 bits per heavy atom. The lowest BCUT2D eigenvalue weighted by Gasteiger charge is -2.29. The Morgan fingerprint density at radius 3 is 2.59 bits per heavy atom. The molecule has 2 rings (SSSR count). The lowest BCUT2D eigenvalue weighted by atomic mass is 9.89. The van der Waals surface area contributed by atoms with Gasteiger partial charge in [-0.1, -0.05) is 0 Å². The number of carbonyl (C=O) groups is 1. The molecule has 1 amide bonds. The van der Waals surface area contributed by atoms with Gasteiger partial charge in [0.1, 0.15) is 5.82 Å². The number of hydrogen-bond donors (Lipinski definition) is 1. The number of hydrogen-bond acceptors (Lipinski definition) is 2. The number of piperidine rings is 1. The fourth-order valence-electron chi connectivity index (χ4n) is 2.03. The molecule has 1 aromatic carbocycles. The summed E-state index contributed by atoms with van der Waals surface area (Å²) in [5.74, 6) is 0.379. The molecule has 1 aliphatic rings. The van der Waals surface area contributed by atoms with Crippen molar-refractivity contribution in [2.75, 3.05) is 6.54 Å². The zero-order chi connectivity index (χ0) is 12.6. The van der Waals surface area contributed by atoms with Crippen LogP contribution in [0, 0.1) is 17.5 Å². The normalized spacial score (nSPS) is 20.8. The summed E-state index contributed by atoms with van der Waals surface area (Å²) in [5.41, 5.74) is -0.523. The molecular formula is C11H11F3N2O. The van der Waals surface area contributed by atoms with Gasteiger partial charge in [-0.15, -0.1) is 0 Å². The second kappa shape index (κ2) is 4.37. The standard InChI is InChI=1S/C11H11F3N2O/c12-7-3-4-8(13)10(14)9(7)6-2-1-5-16(15)11(6)17/h3-4,6H,1-2,5,15H2. The summed E-state index contributed by atoms with van der Waals surface area (Å²) in [6.45, 7) is 0.341. The maximum atomic E-state index is 13.5. The number of carbonyl (C=O) groups excluding carboxylic acids is 1. The molecule has 1 heterocycles. The van der Waals surface area contributed by atoms with Crippen molar-refractivity contribution in [2.24, 2.45) is 5.84 Å². The number of nitrogens with two attached hydrogens (primary N) is 1. The van der Waals surface area contributed by atoms with Crippen LogP contribution < -0.4 is 5.84 Å². The summed E-state index contributed by atoms with van der Waals surface area (Å²) in [6, 6.07) is 1.51. The quantitative estimate of drug-likeness (QED) is 0.464. The topological polar surface area (TPSA) is 46.3 Å². The van der Waals surface area contributed by atoms with Gasteiger partial charge in [0.05, 0.1) is 5.92 Å². The monoisotopic (exact) mass is 244 g/mol. The average Bonchev–Trinajstić information content (AvgIpc) is 2.30. The van der Waals surface area contributed by atoms with E-state index in [1.807, 2.05) is 0 Å². The third-order valence-electron chi connectivity index (χ3n) is 2.90. The summed E-state index contributed by atoms with van der Waals surface area (Å²) in [5, 5.41) is 0.915. The number of benzene rings is 1. The molecule has 0 aromatic heterocycles. The molecule has 0 saturated carbocycles. The largest absolute Gasteiger partial charge is 0.280 e. The van der Waals surface area contributed by atoms with Crippen molar-refractivity contribution in [1.82, 2.24) is 5.01 Å². The Kier molecular flexibility index (Phi) is 3.06. The van der Waals surface area contributed by atoms with Gasteiger partial charge in [0, 0.05) is 12.1 Å². The van der Waals surface area contributed by atoms with Gasteiger partial charge in [0.2, 0.25) is 5.91 Å². The van der Waals surface area contributed by atoms with E-state index in [9.17, 15) is 18.0 Å². The lowest BCUT2D eigenvalue weighted by Crippen LogP contribution is -2.45. The zero-order valence-electron chi connectivity index (χ0n) is 8.92. The molecule has 0 bridgehead atoms. The smallest absolute Gasteiger partial charge is 0.244 e. The Balaban J connectivity index is 2.46. The summed E-state index contributed by atoms with van der Waals surface area (Å²) in [6.07, 6.45) is 0.798. The molecule has 0 spiro atoms. The van der Waals surface area contributed by atoms with E-state index in [0.29, 0.717) is 19.0 Å². The van der Waals surface area contributed by atoms with Crippen molar-refractivity contribution in [3.05, 3.63) is 35.1 Å². The molecule has 2 N–H and O–H groups in total. The SMILES string of the molecule is NN1CCCC(c2c(F)ccc(F)c2F)C1=O. The average molecular weight is 244 g/mol. The van der Waals surface area contributed by atoms with E-state index in [4.69, 9.17) is 5.84 Å². The molecule has 1 saturated heterocycles. The molecule has 1 fully saturated rings. The van der Waals surface area contributed by atoms with Crippen LogP contribution in [-0.4, -0.2) is 17.5 Å². The van der Waals surface area contributed by atoms with Crippen molar-refractivity contribution in [3.8, 4) is 0 Å². The van der Waals surface area contributed by atoms with Gasteiger partial charge < -0.3 is 0 Å². The van der Waals surface area contributed by atoms with Crippen LogP contribution in [-0.2, 0) is 4.79 Å². The third-order valence-corrected chi connectivity index (χ3v) is 2.90. The lowest BCUT2D eigenvalue weighted by molar-refractivity contribution is -0.135. The predicted molar refractivity (Wildman–Crippen MR) is 54.2 cm³/mol. The molecule has 1 unspecified atom stereocenters. The van der Waals surface area contributed by atoms with Gasteiger partial charge in [0.25, 0.3) is 0 Å². The molecule has 1 aromatic rings. The molecule has 92 valence electrons. The van der Waals surface area contributed by atoms with Crippen LogP contribution in [0.1, 0.15) is 24.3 Å². The molecule has 1 aliphatic heterocycles. The van der Waals surface area contributed by atoms with Crippen LogP contribution in [0.25, 0.3) is 0 Å². The van der Waals surface area contributed by atoms with E-state index in [1.54, 1.807) is 0 Å². The van der Waals surface area contributed by atoms with Gasteiger partial charge in [-0.05, 0) is 25.0 Å². The molecule has 17 heavy (non-hydrogen) atoms. The maximum absolute atomic E-state index is 13.5. The number of hydrazine groups is 1. The summed E-state index contributed by atoms with van der Waals surface area (Å²) >= 11 is 0. The van der Waals surface area contributed by atoms with Crippen molar-refractivity contribution in [1.29, 1.82) is 0 Å². The summed E-state index contributed by atoms with van der Waals surface area (Å²) < 4.78 is 40.1. The van der Waals surface area contributed by atoms with Gasteiger partial charge >= 0.3 is 0 Å². The fraction of sp³-hybridized carbons (Fsp3) is 0.364. The van der Waals surface area contributed by atoms with Crippen LogP contribution in [0.5, 0.6) is 0 Å². The minimum Gasteiger partial charge on any atom is -0.280 e. The predicted octanol–water partition coefficient (Wildman–Crippen LogP) is 1.68. The van der Waals surface area contributed by atoms with E-state index >= 15 is 0 Å². The molecular weight excluding hydrogens is 233 g/mol. The van der Waals surface area contributed by atoms with E-state index in [2.05, 4.69) is 0 Å². The number of nitrogens with zero attached hydrogens (tertiary/aromatic N) is 1. The minimum atomic E-state index is -1.31. The van der Waals surface area contributed by atoms with E-state index in [1.165, 1.54) is 0 Å². The van der Waals surface area contributed by atoms with E-state index in [0.717, 1.165) is 11.1 Å². The Bertz CT molecular complexity index is 464. The third kappa shape index (κ3) is 2.00. The van der Waals surface area contributed by atoms with Gasteiger partial charge in [0.15, 0.2) is 11.6 Å². The first-order chi connectivity index (χ1) is 8.02. The number of amides is 1. The van der Waals surface area contributed by atoms with Crippen LogP contribution in [0.15, 0.2) is 12.1 Å². The minimum absolute atomic E-state index is 0.268. The molecule has 1 atom stereocenters. The van der Waals surface area contributed by atoms with E-state index in [-0.39, 0.29) is 6.42 Å². The van der Waals surface area contributed by atoms with Gasteiger partial charge in [-0.2, -0.15) is 0 Å². The Morgan fingerprint density at radius 2 is 1.88 bits per heavy atom. The highest BCUT2D eigenvalue weighted by atomic mass is 19.2. The molecule has 0 aliphatic carbocycles. The number of halogens is 3. The second-order valence-corrected chi connectivity index (χ2v) is 3.98. The van der Waals surface area contributed by atoms with Crippen molar-refractivity contribution in [2.45, 2.75) is 18.8 Å². The zero-order valence-corrected chi connectivity index (χ0v) is 8.92. The first-order valence-corrected chi connectivity index (χ1v) is 5.22. The van der Waals surface area contributed by atoms with Gasteiger partial charge in [-0.3, -0.25) is 9.80 Å². The highest BCUT2D eigenvalue weighted by molar-refractivity contribution is 5.84. The molecule has 0 radical (unpaired) electrons. The van der Waals surface area contributed by atoms with Gasteiger partial charge in [-0.25, -0.2) is 19.0 Å². The highest BCUT2D eigenvalue weighted by Crippen LogP contribution is 2.31. The van der Waals surface area contributed by atoms with Crippen LogP contribution in [0.3, 0.4) is 0 Å². The molecule has 3 nitrogen and oxygen atoms in total. The highest BCUT2D eigenvalue weighted by Gasteiger charge is 2.33. The summed E-state index contributed by atoms with van der Waals surface area (Å²) in [4.78, 5) is 11.7. The van der Waals surface area contributed by atoms with Crippen LogP contribution in [0.2, 0.25) is 0 Å². The Hall–Kier alpha value is -1.56. The van der Waals surface area contributed by atoms with Crippen molar-refractivity contribution >= 4 is 5.91 Å². The number of rotatable bonds is 1. The Labute approximate surface area is 96.0 Å². The maximum Gasteiger partial charge on any atom is 0.244 e. The van der Waals surface area contributed by atoms with Crippen molar-refractivity contribution < 1.29 is 18.0 Å². The fourth-order valence-corrected chi connectivity index (χ4v) is 2.03. The van der Waals surface area contributed by atoms with E-state index < -0.39 is 34.8 Å². The molecule has 6 heteroatoms. The van der Waals surface area contributed by atoms with Crippen LogP contribution >= 0.6 is 0 Å².